The van der Waals surface area contributed by atoms with Crippen molar-refractivity contribution in [3.8, 4) is 17.2 Å². The predicted molar refractivity (Wildman–Crippen MR) is 118 cm³/mol. The molecule has 0 bridgehead atoms. The molecule has 2 aromatic carbocycles. The predicted octanol–water partition coefficient (Wildman–Crippen LogP) is 6.26. The van der Waals surface area contributed by atoms with Crippen LogP contribution in [0.3, 0.4) is 0 Å². The van der Waals surface area contributed by atoms with Gasteiger partial charge in [-0.25, -0.2) is 0 Å². The van der Waals surface area contributed by atoms with Crippen molar-refractivity contribution in [2.24, 2.45) is 0 Å². The number of carbonyl (C=O) groups excluding carboxylic acids is 1. The number of hydrogen-bond acceptors (Lipinski definition) is 4. The summed E-state index contributed by atoms with van der Waals surface area (Å²) in [6.07, 6.45) is 6.21. The molecule has 2 rings (SSSR count). The van der Waals surface area contributed by atoms with Crippen LogP contribution in [-0.2, 0) is 0 Å². The van der Waals surface area contributed by atoms with Crippen LogP contribution in [0.2, 0.25) is 0 Å². The fourth-order valence-corrected chi connectivity index (χ4v) is 2.72. The second kappa shape index (κ2) is 11.9. The van der Waals surface area contributed by atoms with Gasteiger partial charge in [0.25, 0.3) is 0 Å². The first-order valence-corrected chi connectivity index (χ1v) is 10.4. The lowest BCUT2D eigenvalue weighted by Gasteiger charge is -2.14. The first-order valence-electron chi connectivity index (χ1n) is 10.4. The monoisotopic (exact) mass is 396 g/mol. The minimum absolute atomic E-state index is 0.0579. The van der Waals surface area contributed by atoms with Crippen molar-refractivity contribution < 1.29 is 19.0 Å². The normalized spacial score (nSPS) is 10.9. The Bertz CT molecular complexity index is 806. The van der Waals surface area contributed by atoms with E-state index in [0.29, 0.717) is 25.4 Å². The highest BCUT2D eigenvalue weighted by atomic mass is 16.5. The molecule has 0 aliphatic carbocycles. The average Bonchev–Trinajstić information content (AvgIpc) is 2.74. The van der Waals surface area contributed by atoms with Crippen molar-refractivity contribution in [1.29, 1.82) is 0 Å². The highest BCUT2D eigenvalue weighted by molar-refractivity contribution is 6.07. The number of ether oxygens (including phenoxy) is 3. The van der Waals surface area contributed by atoms with E-state index in [2.05, 4.69) is 20.8 Å². The van der Waals surface area contributed by atoms with Crippen LogP contribution in [0, 0.1) is 6.92 Å². The molecule has 0 atom stereocenters. The SMILES string of the molecule is CCCOc1ccc(C(=O)C=Cc2cc(C)c(OCCC)cc2OCCC)cc1. The Morgan fingerprint density at radius 2 is 1.41 bits per heavy atom. The Morgan fingerprint density at radius 1 is 0.828 bits per heavy atom. The van der Waals surface area contributed by atoms with Crippen LogP contribution in [0.1, 0.15) is 61.5 Å². The van der Waals surface area contributed by atoms with Crippen LogP contribution in [0.15, 0.2) is 42.5 Å². The van der Waals surface area contributed by atoms with Crippen molar-refractivity contribution in [1.82, 2.24) is 0 Å². The smallest absolute Gasteiger partial charge is 0.185 e. The van der Waals surface area contributed by atoms with Crippen molar-refractivity contribution in [2.75, 3.05) is 19.8 Å². The van der Waals surface area contributed by atoms with Gasteiger partial charge in [0.1, 0.15) is 17.2 Å². The van der Waals surface area contributed by atoms with Gasteiger partial charge in [0, 0.05) is 17.2 Å². The molecule has 0 saturated heterocycles. The topological polar surface area (TPSA) is 44.8 Å². The van der Waals surface area contributed by atoms with E-state index in [0.717, 1.165) is 47.6 Å². The van der Waals surface area contributed by atoms with E-state index < -0.39 is 0 Å². The number of hydrogen-bond donors (Lipinski definition) is 0. The van der Waals surface area contributed by atoms with Crippen molar-refractivity contribution >= 4 is 11.9 Å². The molecule has 0 radical (unpaired) electrons. The van der Waals surface area contributed by atoms with Gasteiger partial charge in [-0.15, -0.1) is 0 Å². The molecule has 2 aromatic rings. The van der Waals surface area contributed by atoms with E-state index in [1.807, 2.05) is 37.3 Å². The summed E-state index contributed by atoms with van der Waals surface area (Å²) in [5.41, 5.74) is 2.52. The van der Waals surface area contributed by atoms with Crippen LogP contribution >= 0.6 is 0 Å². The van der Waals surface area contributed by atoms with Gasteiger partial charge in [-0.1, -0.05) is 20.8 Å². The second-order valence-electron chi connectivity index (χ2n) is 6.92. The minimum Gasteiger partial charge on any atom is -0.494 e. The van der Waals surface area contributed by atoms with Crippen molar-refractivity contribution in [3.05, 3.63) is 59.2 Å². The fourth-order valence-electron chi connectivity index (χ4n) is 2.72. The number of aryl methyl sites for hydroxylation is 1. The number of benzene rings is 2. The van der Waals surface area contributed by atoms with E-state index in [4.69, 9.17) is 14.2 Å². The van der Waals surface area contributed by atoms with Crippen LogP contribution < -0.4 is 14.2 Å². The van der Waals surface area contributed by atoms with Crippen LogP contribution in [-0.4, -0.2) is 25.6 Å². The van der Waals surface area contributed by atoms with Crippen molar-refractivity contribution in [3.63, 3.8) is 0 Å². The highest BCUT2D eigenvalue weighted by Crippen LogP contribution is 2.30. The molecule has 29 heavy (non-hydrogen) atoms. The molecule has 0 heterocycles. The summed E-state index contributed by atoms with van der Waals surface area (Å²) >= 11 is 0. The largest absolute Gasteiger partial charge is 0.494 e. The number of rotatable bonds is 12. The van der Waals surface area contributed by atoms with Gasteiger partial charge >= 0.3 is 0 Å². The van der Waals surface area contributed by atoms with Gasteiger partial charge < -0.3 is 14.2 Å². The van der Waals surface area contributed by atoms with E-state index in [-0.39, 0.29) is 5.78 Å². The molecule has 156 valence electrons. The maximum Gasteiger partial charge on any atom is 0.185 e. The molecular formula is C25H32O4. The zero-order chi connectivity index (χ0) is 21.1. The molecular weight excluding hydrogens is 364 g/mol. The summed E-state index contributed by atoms with van der Waals surface area (Å²) in [5.74, 6) is 2.28. The Kier molecular flexibility index (Phi) is 9.29. The molecule has 0 amide bonds. The maximum atomic E-state index is 12.6. The lowest BCUT2D eigenvalue weighted by Crippen LogP contribution is -2.02. The third kappa shape index (κ3) is 6.97. The van der Waals surface area contributed by atoms with Crippen LogP contribution in [0.25, 0.3) is 6.08 Å². The minimum atomic E-state index is -0.0579. The third-order valence-corrected chi connectivity index (χ3v) is 4.26. The van der Waals surface area contributed by atoms with Gasteiger partial charge in [-0.3, -0.25) is 4.79 Å². The molecule has 0 unspecified atom stereocenters. The first kappa shape index (κ1) is 22.5. The highest BCUT2D eigenvalue weighted by Gasteiger charge is 2.09. The molecule has 0 fully saturated rings. The van der Waals surface area contributed by atoms with E-state index in [1.165, 1.54) is 0 Å². The van der Waals surface area contributed by atoms with E-state index in [1.54, 1.807) is 18.2 Å². The molecule has 0 aliphatic rings. The Hall–Kier alpha value is -2.75. The van der Waals surface area contributed by atoms with Gasteiger partial charge in [0.2, 0.25) is 0 Å². The van der Waals surface area contributed by atoms with E-state index >= 15 is 0 Å². The summed E-state index contributed by atoms with van der Waals surface area (Å²) < 4.78 is 17.3. The quantitative estimate of drug-likeness (QED) is 0.314. The zero-order valence-corrected chi connectivity index (χ0v) is 18.0. The Labute approximate surface area is 174 Å². The van der Waals surface area contributed by atoms with Crippen LogP contribution in [0.5, 0.6) is 17.2 Å². The van der Waals surface area contributed by atoms with Crippen molar-refractivity contribution in [2.45, 2.75) is 47.0 Å². The summed E-state index contributed by atoms with van der Waals surface area (Å²) in [5, 5.41) is 0. The molecule has 4 heteroatoms. The first-order chi connectivity index (χ1) is 14.1. The summed E-state index contributed by atoms with van der Waals surface area (Å²) in [6.45, 7) is 10.2. The number of ketones is 1. The molecule has 0 aromatic heterocycles. The Morgan fingerprint density at radius 3 is 2.03 bits per heavy atom. The van der Waals surface area contributed by atoms with Gasteiger partial charge in [0.05, 0.1) is 19.8 Å². The molecule has 0 saturated carbocycles. The summed E-state index contributed by atoms with van der Waals surface area (Å²) in [4.78, 5) is 12.6. The average molecular weight is 397 g/mol. The lowest BCUT2D eigenvalue weighted by molar-refractivity contribution is 0.104. The van der Waals surface area contributed by atoms with Crippen LogP contribution in [0.4, 0.5) is 0 Å². The standard InChI is InChI=1S/C25H32O4/c1-5-14-27-22-11-8-20(9-12-22)23(26)13-10-21-17-19(4)24(28-15-6-2)18-25(21)29-16-7-3/h8-13,17-18H,5-7,14-16H2,1-4H3. The van der Waals surface area contributed by atoms with Gasteiger partial charge in [0.15, 0.2) is 5.78 Å². The second-order valence-corrected chi connectivity index (χ2v) is 6.92. The molecule has 0 spiro atoms. The maximum absolute atomic E-state index is 12.6. The third-order valence-electron chi connectivity index (χ3n) is 4.26. The summed E-state index contributed by atoms with van der Waals surface area (Å²) in [7, 11) is 0. The Balaban J connectivity index is 2.18. The van der Waals surface area contributed by atoms with E-state index in [9.17, 15) is 4.79 Å². The van der Waals surface area contributed by atoms with Gasteiger partial charge in [-0.05, 0) is 74.2 Å². The number of carbonyl (C=O) groups is 1. The fraction of sp³-hybridized carbons (Fsp3) is 0.400. The zero-order valence-electron chi connectivity index (χ0n) is 18.0. The van der Waals surface area contributed by atoms with Gasteiger partial charge in [-0.2, -0.15) is 0 Å². The lowest BCUT2D eigenvalue weighted by atomic mass is 10.1. The molecule has 4 nitrogen and oxygen atoms in total. The molecule has 0 aliphatic heterocycles. The summed E-state index contributed by atoms with van der Waals surface area (Å²) in [6, 6.07) is 11.2. The molecule has 0 N–H and O–H groups in total. The number of allylic oxidation sites excluding steroid dienone is 1.